The van der Waals surface area contributed by atoms with Crippen molar-refractivity contribution in [3.8, 4) is 11.5 Å². The number of ether oxygens (including phenoxy) is 1. The average Bonchev–Trinajstić information content (AvgIpc) is 3.11. The Kier molecular flexibility index (Phi) is 5.15. The first kappa shape index (κ1) is 19.4. The molecule has 2 aromatic rings. The number of benzene rings is 2. The van der Waals surface area contributed by atoms with E-state index in [1.54, 1.807) is 0 Å². The smallest absolute Gasteiger partial charge is 0.253 e. The maximum atomic E-state index is 12.9. The van der Waals surface area contributed by atoms with Crippen molar-refractivity contribution in [3.63, 3.8) is 0 Å². The van der Waals surface area contributed by atoms with Crippen LogP contribution < -0.4 is 15.0 Å². The van der Waals surface area contributed by atoms with Crippen molar-refractivity contribution in [2.24, 2.45) is 5.92 Å². The number of piperidine rings is 1. The Morgan fingerprint density at radius 2 is 1.73 bits per heavy atom. The molecule has 1 N–H and O–H groups in total. The summed E-state index contributed by atoms with van der Waals surface area (Å²) in [6.45, 7) is 6.44. The van der Waals surface area contributed by atoms with Crippen LogP contribution in [-0.4, -0.2) is 42.5 Å². The summed E-state index contributed by atoms with van der Waals surface area (Å²) in [4.78, 5) is 17.1. The Hall–Kier alpha value is -2.53. The zero-order valence-corrected chi connectivity index (χ0v) is 17.9. The summed E-state index contributed by atoms with van der Waals surface area (Å²) in [6.07, 6.45) is 5.11. The quantitative estimate of drug-likeness (QED) is 0.765. The lowest BCUT2D eigenvalue weighted by Gasteiger charge is -2.38. The first-order valence-electron chi connectivity index (χ1n) is 11.4. The van der Waals surface area contributed by atoms with E-state index in [2.05, 4.69) is 28.4 Å². The lowest BCUT2D eigenvalue weighted by Crippen LogP contribution is -2.41. The molecule has 3 aliphatic rings. The van der Waals surface area contributed by atoms with Crippen molar-refractivity contribution >= 4 is 17.3 Å². The molecule has 0 spiro atoms. The van der Waals surface area contributed by atoms with Crippen molar-refractivity contribution in [3.05, 3.63) is 48.0 Å². The van der Waals surface area contributed by atoms with Gasteiger partial charge in [0.05, 0.1) is 11.4 Å². The number of rotatable bonds is 5. The van der Waals surface area contributed by atoms with E-state index in [0.717, 1.165) is 29.4 Å². The van der Waals surface area contributed by atoms with Crippen LogP contribution in [-0.2, 0) is 0 Å². The molecule has 0 aliphatic carbocycles. The third-order valence-corrected chi connectivity index (χ3v) is 6.94. The first-order valence-corrected chi connectivity index (χ1v) is 11.4. The van der Waals surface area contributed by atoms with Crippen LogP contribution in [0, 0.1) is 5.92 Å². The number of fused-ring (bicyclic) bond motifs is 4. The Morgan fingerprint density at radius 1 is 1.03 bits per heavy atom. The third-order valence-electron chi connectivity index (χ3n) is 6.94. The number of nitrogens with zero attached hydrogens (tertiary/aromatic N) is 2. The predicted octanol–water partition coefficient (Wildman–Crippen LogP) is 4.94. The highest BCUT2D eigenvalue weighted by molar-refractivity contribution is 5.96. The molecule has 2 aromatic carbocycles. The molecule has 158 valence electrons. The summed E-state index contributed by atoms with van der Waals surface area (Å²) < 4.78 is 6.26. The van der Waals surface area contributed by atoms with Crippen LogP contribution in [0.15, 0.2) is 42.5 Å². The van der Waals surface area contributed by atoms with Crippen molar-refractivity contribution in [2.45, 2.75) is 51.6 Å². The SMILES string of the molecule is CCN(CC)C(=O)c1ccc2c(c1)Oc1ccccc1N2CC1C[C@H]2CC[C@@H](C1)N2. The standard InChI is InChI=1S/C25H31N3O2/c1-3-27(4-2)25(29)18-9-12-22-24(15-18)30-23-8-6-5-7-21(23)28(22)16-17-13-19-10-11-20(14-17)26-19/h5-9,12,15,17,19-20,26H,3-4,10-11,13-14,16H2,1-2H3/t17?,19-,20+. The van der Waals surface area contributed by atoms with Crippen LogP contribution >= 0.6 is 0 Å². The first-order chi connectivity index (χ1) is 14.7. The van der Waals surface area contributed by atoms with Crippen molar-refractivity contribution < 1.29 is 9.53 Å². The molecule has 3 atom stereocenters. The second-order valence-corrected chi connectivity index (χ2v) is 8.82. The van der Waals surface area contributed by atoms with Gasteiger partial charge in [0, 0.05) is 37.3 Å². The van der Waals surface area contributed by atoms with E-state index in [0.29, 0.717) is 36.7 Å². The highest BCUT2D eigenvalue weighted by Gasteiger charge is 2.36. The molecular formula is C25H31N3O2. The van der Waals surface area contributed by atoms with Crippen LogP contribution in [0.1, 0.15) is 49.9 Å². The van der Waals surface area contributed by atoms with Gasteiger partial charge in [-0.15, -0.1) is 0 Å². The number of anilines is 2. The Labute approximate surface area is 179 Å². The number of hydrogen-bond acceptors (Lipinski definition) is 4. The maximum absolute atomic E-state index is 12.9. The zero-order valence-electron chi connectivity index (χ0n) is 17.9. The summed E-state index contributed by atoms with van der Waals surface area (Å²) in [7, 11) is 0. The molecule has 5 heteroatoms. The molecule has 5 nitrogen and oxygen atoms in total. The molecule has 1 amide bonds. The number of nitrogens with one attached hydrogen (secondary N) is 1. The molecule has 1 unspecified atom stereocenters. The largest absolute Gasteiger partial charge is 0.453 e. The Morgan fingerprint density at radius 3 is 2.47 bits per heavy atom. The van der Waals surface area contributed by atoms with Crippen LogP contribution in [0.3, 0.4) is 0 Å². The number of hydrogen-bond donors (Lipinski definition) is 1. The van der Waals surface area contributed by atoms with Gasteiger partial charge in [-0.1, -0.05) is 12.1 Å². The number of carbonyl (C=O) groups excluding carboxylic acids is 1. The summed E-state index contributed by atoms with van der Waals surface area (Å²) >= 11 is 0. The predicted molar refractivity (Wildman–Crippen MR) is 120 cm³/mol. The highest BCUT2D eigenvalue weighted by atomic mass is 16.5. The monoisotopic (exact) mass is 405 g/mol. The normalized spacial score (nSPS) is 24.1. The van der Waals surface area contributed by atoms with Crippen molar-refractivity contribution in [1.29, 1.82) is 0 Å². The number of amides is 1. The summed E-state index contributed by atoms with van der Waals surface area (Å²) in [6, 6.07) is 15.6. The van der Waals surface area contributed by atoms with Crippen molar-refractivity contribution in [1.82, 2.24) is 10.2 Å². The lowest BCUT2D eigenvalue weighted by atomic mass is 9.91. The van der Waals surface area contributed by atoms with Gasteiger partial charge in [-0.05, 0) is 75.8 Å². The second-order valence-electron chi connectivity index (χ2n) is 8.82. The van der Waals surface area contributed by atoms with Gasteiger partial charge in [-0.25, -0.2) is 0 Å². The van der Waals surface area contributed by atoms with E-state index >= 15 is 0 Å². The van der Waals surface area contributed by atoms with Gasteiger partial charge in [0.2, 0.25) is 0 Å². The molecule has 2 fully saturated rings. The average molecular weight is 406 g/mol. The maximum Gasteiger partial charge on any atom is 0.253 e. The van der Waals surface area contributed by atoms with Crippen LogP contribution in [0.25, 0.3) is 0 Å². The zero-order chi connectivity index (χ0) is 20.7. The van der Waals surface area contributed by atoms with E-state index in [1.165, 1.54) is 25.7 Å². The molecule has 0 radical (unpaired) electrons. The fourth-order valence-corrected chi connectivity index (χ4v) is 5.44. The van der Waals surface area contributed by atoms with Crippen LogP contribution in [0.4, 0.5) is 11.4 Å². The molecule has 30 heavy (non-hydrogen) atoms. The third kappa shape index (κ3) is 3.45. The molecule has 0 aromatic heterocycles. The fraction of sp³-hybridized carbons (Fsp3) is 0.480. The molecule has 3 heterocycles. The minimum Gasteiger partial charge on any atom is -0.453 e. The molecule has 0 saturated carbocycles. The van der Waals surface area contributed by atoms with Crippen LogP contribution in [0.2, 0.25) is 0 Å². The van der Waals surface area contributed by atoms with E-state index in [1.807, 2.05) is 43.0 Å². The summed E-state index contributed by atoms with van der Waals surface area (Å²) in [5.41, 5.74) is 2.88. The van der Waals surface area contributed by atoms with Gasteiger partial charge in [0.1, 0.15) is 0 Å². The van der Waals surface area contributed by atoms with Gasteiger partial charge < -0.3 is 19.9 Å². The summed E-state index contributed by atoms with van der Waals surface area (Å²) in [5.74, 6) is 2.38. The van der Waals surface area contributed by atoms with E-state index in [-0.39, 0.29) is 5.91 Å². The van der Waals surface area contributed by atoms with E-state index in [4.69, 9.17) is 4.74 Å². The van der Waals surface area contributed by atoms with Gasteiger partial charge in [0.25, 0.3) is 5.91 Å². The molecule has 3 aliphatic heterocycles. The molecule has 2 bridgehead atoms. The lowest BCUT2D eigenvalue weighted by molar-refractivity contribution is 0.0772. The number of para-hydroxylation sites is 2. The Balaban J connectivity index is 1.47. The van der Waals surface area contributed by atoms with Crippen LogP contribution in [0.5, 0.6) is 11.5 Å². The highest BCUT2D eigenvalue weighted by Crippen LogP contribution is 2.48. The second kappa shape index (κ2) is 7.95. The molecular weight excluding hydrogens is 374 g/mol. The topological polar surface area (TPSA) is 44.8 Å². The van der Waals surface area contributed by atoms with Gasteiger partial charge in [0.15, 0.2) is 11.5 Å². The van der Waals surface area contributed by atoms with E-state index < -0.39 is 0 Å². The summed E-state index contributed by atoms with van der Waals surface area (Å²) in [5, 5.41) is 3.75. The van der Waals surface area contributed by atoms with Crippen molar-refractivity contribution in [2.75, 3.05) is 24.5 Å². The van der Waals surface area contributed by atoms with Gasteiger partial charge in [-0.2, -0.15) is 0 Å². The number of carbonyl (C=O) groups is 1. The van der Waals surface area contributed by atoms with Gasteiger partial charge in [-0.3, -0.25) is 4.79 Å². The molecule has 5 rings (SSSR count). The van der Waals surface area contributed by atoms with Gasteiger partial charge >= 0.3 is 0 Å². The minimum atomic E-state index is 0.0618. The fourth-order valence-electron chi connectivity index (χ4n) is 5.44. The Bertz CT molecular complexity index is 928. The van der Waals surface area contributed by atoms with E-state index in [9.17, 15) is 4.79 Å². The minimum absolute atomic E-state index is 0.0618. The molecule has 2 saturated heterocycles.